The third kappa shape index (κ3) is 4.02. The summed E-state index contributed by atoms with van der Waals surface area (Å²) in [6, 6.07) is 7.22. The van der Waals surface area contributed by atoms with E-state index in [1.165, 1.54) is 6.92 Å². The summed E-state index contributed by atoms with van der Waals surface area (Å²) in [7, 11) is 0. The van der Waals surface area contributed by atoms with Crippen LogP contribution in [0.25, 0.3) is 0 Å². The summed E-state index contributed by atoms with van der Waals surface area (Å²) in [5, 5.41) is 2.26. The Labute approximate surface area is 133 Å². The molecule has 1 unspecified atom stereocenters. The molecule has 21 heavy (non-hydrogen) atoms. The van der Waals surface area contributed by atoms with Crippen LogP contribution in [0.15, 0.2) is 24.3 Å². The molecule has 1 N–H and O–H groups in total. The van der Waals surface area contributed by atoms with Crippen molar-refractivity contribution in [3.63, 3.8) is 0 Å². The highest BCUT2D eigenvalue weighted by molar-refractivity contribution is 6.33. The van der Waals surface area contributed by atoms with Gasteiger partial charge >= 0.3 is 6.03 Å². The van der Waals surface area contributed by atoms with Gasteiger partial charge in [-0.1, -0.05) is 23.7 Å². The van der Waals surface area contributed by atoms with Gasteiger partial charge in [0, 0.05) is 26.2 Å². The van der Waals surface area contributed by atoms with Gasteiger partial charge in [-0.05, 0) is 19.1 Å². The van der Waals surface area contributed by atoms with Crippen molar-refractivity contribution < 1.29 is 9.59 Å². The van der Waals surface area contributed by atoms with Crippen molar-refractivity contribution in [1.29, 1.82) is 0 Å². The third-order valence-electron chi connectivity index (χ3n) is 3.35. The molecule has 2 rings (SSSR count). The molecule has 1 fully saturated rings. The molecule has 1 aliphatic rings. The Morgan fingerprint density at radius 3 is 2.38 bits per heavy atom. The first kappa shape index (κ1) is 15.9. The van der Waals surface area contributed by atoms with Gasteiger partial charge in [-0.2, -0.15) is 0 Å². The lowest BCUT2D eigenvalue weighted by Gasteiger charge is -2.36. The first-order valence-corrected chi connectivity index (χ1v) is 7.54. The smallest absolute Gasteiger partial charge is 0.324 e. The molecule has 0 saturated carbocycles. The summed E-state index contributed by atoms with van der Waals surface area (Å²) >= 11 is 11.8. The van der Waals surface area contributed by atoms with Crippen LogP contribution < -0.4 is 10.2 Å². The lowest BCUT2D eigenvalue weighted by atomic mass is 10.2. The average Bonchev–Trinajstić information content (AvgIpc) is 2.47. The SMILES string of the molecule is CC(Cl)C(=O)NC(=O)N1CCN(c2ccccc2Cl)CC1. The predicted octanol–water partition coefficient (Wildman–Crippen LogP) is 2.33. The topological polar surface area (TPSA) is 52.7 Å². The largest absolute Gasteiger partial charge is 0.367 e. The number of urea groups is 1. The summed E-state index contributed by atoms with van der Waals surface area (Å²) in [4.78, 5) is 27.0. The van der Waals surface area contributed by atoms with Crippen molar-refractivity contribution in [2.45, 2.75) is 12.3 Å². The molecule has 7 heteroatoms. The maximum atomic E-state index is 11.9. The lowest BCUT2D eigenvalue weighted by Crippen LogP contribution is -2.53. The molecule has 1 aromatic carbocycles. The molecule has 5 nitrogen and oxygen atoms in total. The summed E-state index contributed by atoms with van der Waals surface area (Å²) in [6.07, 6.45) is 0. The third-order valence-corrected chi connectivity index (χ3v) is 3.87. The Kier molecular flexibility index (Phi) is 5.31. The second-order valence-electron chi connectivity index (χ2n) is 4.84. The number of hydrogen-bond donors (Lipinski definition) is 1. The number of rotatable bonds is 2. The van der Waals surface area contributed by atoms with E-state index in [2.05, 4.69) is 10.2 Å². The van der Waals surface area contributed by atoms with E-state index >= 15 is 0 Å². The first-order valence-electron chi connectivity index (χ1n) is 6.72. The zero-order valence-electron chi connectivity index (χ0n) is 11.7. The molecule has 114 valence electrons. The van der Waals surface area contributed by atoms with Crippen molar-refractivity contribution in [3.05, 3.63) is 29.3 Å². The predicted molar refractivity (Wildman–Crippen MR) is 84.1 cm³/mol. The van der Waals surface area contributed by atoms with Gasteiger partial charge in [0.05, 0.1) is 10.7 Å². The minimum Gasteiger partial charge on any atom is -0.367 e. The highest BCUT2D eigenvalue weighted by Crippen LogP contribution is 2.25. The van der Waals surface area contributed by atoms with Crippen molar-refractivity contribution in [2.75, 3.05) is 31.1 Å². The fourth-order valence-electron chi connectivity index (χ4n) is 2.14. The number of benzene rings is 1. The molecular weight excluding hydrogens is 313 g/mol. The number of piperazine rings is 1. The number of carbonyl (C=O) groups excluding carboxylic acids is 2. The molecule has 0 radical (unpaired) electrons. The van der Waals surface area contributed by atoms with E-state index in [4.69, 9.17) is 23.2 Å². The van der Waals surface area contributed by atoms with Crippen LogP contribution in [0.2, 0.25) is 5.02 Å². The summed E-state index contributed by atoms with van der Waals surface area (Å²) in [5.41, 5.74) is 0.963. The van der Waals surface area contributed by atoms with Crippen molar-refractivity contribution in [1.82, 2.24) is 10.2 Å². The maximum absolute atomic E-state index is 11.9. The number of halogens is 2. The minimum absolute atomic E-state index is 0.397. The number of para-hydroxylation sites is 1. The Balaban J connectivity index is 1.90. The number of alkyl halides is 1. The number of carbonyl (C=O) groups is 2. The Morgan fingerprint density at radius 1 is 1.19 bits per heavy atom. The summed E-state index contributed by atoms with van der Waals surface area (Å²) in [6.45, 7) is 3.92. The van der Waals surface area contributed by atoms with Gasteiger partial charge in [0.25, 0.3) is 0 Å². The standard InChI is InChI=1S/C14H17Cl2N3O2/c1-10(15)13(20)17-14(21)19-8-6-18(7-9-19)12-5-3-2-4-11(12)16/h2-5,10H,6-9H2,1H3,(H,17,20,21). The first-order chi connectivity index (χ1) is 9.99. The van der Waals surface area contributed by atoms with E-state index < -0.39 is 17.3 Å². The van der Waals surface area contributed by atoms with Crippen molar-refractivity contribution >= 4 is 40.8 Å². The maximum Gasteiger partial charge on any atom is 0.324 e. The van der Waals surface area contributed by atoms with Gasteiger partial charge in [-0.25, -0.2) is 4.79 Å². The lowest BCUT2D eigenvalue weighted by molar-refractivity contribution is -0.119. The van der Waals surface area contributed by atoms with Crippen LogP contribution >= 0.6 is 23.2 Å². The van der Waals surface area contributed by atoms with Crippen LogP contribution in [0.1, 0.15) is 6.92 Å². The number of hydrogen-bond acceptors (Lipinski definition) is 3. The van der Waals surface area contributed by atoms with Crippen LogP contribution in [0.3, 0.4) is 0 Å². The van der Waals surface area contributed by atoms with Gasteiger partial charge in [-0.15, -0.1) is 11.6 Å². The molecule has 3 amide bonds. The van der Waals surface area contributed by atoms with Gasteiger partial charge < -0.3 is 9.80 Å². The molecule has 1 aliphatic heterocycles. The van der Waals surface area contributed by atoms with Gasteiger partial charge in [0.1, 0.15) is 5.38 Å². The Morgan fingerprint density at radius 2 is 1.81 bits per heavy atom. The zero-order chi connectivity index (χ0) is 15.4. The second-order valence-corrected chi connectivity index (χ2v) is 5.90. The number of nitrogens with zero attached hydrogens (tertiary/aromatic N) is 2. The second kappa shape index (κ2) is 7.00. The van der Waals surface area contributed by atoms with E-state index in [-0.39, 0.29) is 0 Å². The van der Waals surface area contributed by atoms with Gasteiger partial charge in [0.15, 0.2) is 0 Å². The number of amides is 3. The molecule has 0 aromatic heterocycles. The van der Waals surface area contributed by atoms with Gasteiger partial charge in [-0.3, -0.25) is 10.1 Å². The molecule has 1 atom stereocenters. The fourth-order valence-corrected chi connectivity index (χ4v) is 2.45. The van der Waals surface area contributed by atoms with Crippen molar-refractivity contribution in [3.8, 4) is 0 Å². The molecule has 0 spiro atoms. The van der Waals surface area contributed by atoms with Crippen molar-refractivity contribution in [2.24, 2.45) is 0 Å². The van der Waals surface area contributed by atoms with Crippen LogP contribution in [0.5, 0.6) is 0 Å². The van der Waals surface area contributed by atoms with Crippen LogP contribution in [0.4, 0.5) is 10.5 Å². The molecule has 0 bridgehead atoms. The highest BCUT2D eigenvalue weighted by Gasteiger charge is 2.24. The number of imide groups is 1. The minimum atomic E-state index is -0.724. The van der Waals surface area contributed by atoms with Crippen LogP contribution in [0, 0.1) is 0 Å². The molecular formula is C14H17Cl2N3O2. The molecule has 1 aromatic rings. The molecule has 0 aliphatic carbocycles. The monoisotopic (exact) mass is 329 g/mol. The van der Waals surface area contributed by atoms with E-state index in [0.29, 0.717) is 31.2 Å². The number of anilines is 1. The number of nitrogens with one attached hydrogen (secondary N) is 1. The van der Waals surface area contributed by atoms with E-state index in [1.54, 1.807) is 4.90 Å². The summed E-state index contributed by atoms with van der Waals surface area (Å²) in [5.74, 6) is -0.477. The zero-order valence-corrected chi connectivity index (χ0v) is 13.2. The Bertz CT molecular complexity index is 529. The van der Waals surface area contributed by atoms with E-state index in [9.17, 15) is 9.59 Å². The van der Waals surface area contributed by atoms with E-state index in [1.807, 2.05) is 24.3 Å². The Hall–Kier alpha value is -1.46. The average molecular weight is 330 g/mol. The van der Waals surface area contributed by atoms with Gasteiger partial charge in [0.2, 0.25) is 5.91 Å². The van der Waals surface area contributed by atoms with E-state index in [0.717, 1.165) is 5.69 Å². The fraction of sp³-hybridized carbons (Fsp3) is 0.429. The quantitative estimate of drug-likeness (QED) is 0.847. The highest BCUT2D eigenvalue weighted by atomic mass is 35.5. The van der Waals surface area contributed by atoms with Crippen LogP contribution in [-0.2, 0) is 4.79 Å². The van der Waals surface area contributed by atoms with Crippen LogP contribution in [-0.4, -0.2) is 48.4 Å². The summed E-state index contributed by atoms with van der Waals surface area (Å²) < 4.78 is 0. The molecule has 1 heterocycles. The normalized spacial score (nSPS) is 16.5. The molecule has 1 saturated heterocycles.